The van der Waals surface area contributed by atoms with Gasteiger partial charge in [0.25, 0.3) is 0 Å². The van der Waals surface area contributed by atoms with E-state index in [2.05, 4.69) is 0 Å². The van der Waals surface area contributed by atoms with Crippen LogP contribution in [0.15, 0.2) is 24.3 Å². The molecule has 2 rings (SSSR count). The van der Waals surface area contributed by atoms with Crippen LogP contribution in [-0.4, -0.2) is 44.2 Å². The molecule has 2 N–H and O–H groups in total. The molecule has 5 nitrogen and oxygen atoms in total. The van der Waals surface area contributed by atoms with Crippen LogP contribution in [0.5, 0.6) is 5.75 Å². The fraction of sp³-hybridized carbons (Fsp3) is 0.562. The SMILES string of the molecule is CN(CCOCC1CC1)C(=O)CCOc1cccc(N)c1. The molecule has 0 radical (unpaired) electrons. The summed E-state index contributed by atoms with van der Waals surface area (Å²) >= 11 is 0. The van der Waals surface area contributed by atoms with Crippen molar-refractivity contribution in [2.75, 3.05) is 39.1 Å². The molecule has 21 heavy (non-hydrogen) atoms. The molecule has 0 spiro atoms. The minimum atomic E-state index is 0.0638. The Balaban J connectivity index is 1.57. The highest BCUT2D eigenvalue weighted by Crippen LogP contribution is 2.28. The van der Waals surface area contributed by atoms with Gasteiger partial charge in [0.2, 0.25) is 5.91 Å². The monoisotopic (exact) mass is 292 g/mol. The number of anilines is 1. The van der Waals surface area contributed by atoms with E-state index in [1.807, 2.05) is 12.1 Å². The second-order valence-electron chi connectivity index (χ2n) is 5.50. The number of ether oxygens (including phenoxy) is 2. The zero-order valence-corrected chi connectivity index (χ0v) is 12.6. The Hall–Kier alpha value is -1.75. The first-order valence-electron chi connectivity index (χ1n) is 7.45. The predicted molar refractivity (Wildman–Crippen MR) is 82.1 cm³/mol. The molecule has 116 valence electrons. The van der Waals surface area contributed by atoms with Gasteiger partial charge < -0.3 is 20.1 Å². The fourth-order valence-corrected chi connectivity index (χ4v) is 1.91. The molecule has 5 heteroatoms. The number of hydrogen-bond acceptors (Lipinski definition) is 4. The summed E-state index contributed by atoms with van der Waals surface area (Å²) < 4.78 is 11.0. The molecule has 0 aromatic heterocycles. The van der Waals surface area contributed by atoms with Gasteiger partial charge in [-0.1, -0.05) is 6.07 Å². The summed E-state index contributed by atoms with van der Waals surface area (Å²) in [5, 5.41) is 0. The summed E-state index contributed by atoms with van der Waals surface area (Å²) in [5.74, 6) is 1.52. The van der Waals surface area contributed by atoms with Crippen molar-refractivity contribution in [3.63, 3.8) is 0 Å². The third-order valence-electron chi connectivity index (χ3n) is 3.49. The summed E-state index contributed by atoms with van der Waals surface area (Å²) in [7, 11) is 1.79. The second kappa shape index (κ2) is 7.88. The van der Waals surface area contributed by atoms with Crippen molar-refractivity contribution in [2.45, 2.75) is 19.3 Å². The van der Waals surface area contributed by atoms with Gasteiger partial charge in [0.05, 0.1) is 19.6 Å². The van der Waals surface area contributed by atoms with Crippen LogP contribution in [0, 0.1) is 5.92 Å². The topological polar surface area (TPSA) is 64.8 Å². The highest BCUT2D eigenvalue weighted by atomic mass is 16.5. The zero-order chi connectivity index (χ0) is 15.1. The van der Waals surface area contributed by atoms with Crippen LogP contribution in [0.2, 0.25) is 0 Å². The maximum atomic E-state index is 11.9. The number of carbonyl (C=O) groups excluding carboxylic acids is 1. The van der Waals surface area contributed by atoms with Gasteiger partial charge in [-0.15, -0.1) is 0 Å². The third kappa shape index (κ3) is 6.04. The molecule has 0 heterocycles. The lowest BCUT2D eigenvalue weighted by Gasteiger charge is -2.17. The molecule has 1 aromatic rings. The fourth-order valence-electron chi connectivity index (χ4n) is 1.91. The van der Waals surface area contributed by atoms with E-state index in [4.69, 9.17) is 15.2 Å². The van der Waals surface area contributed by atoms with Gasteiger partial charge in [-0.3, -0.25) is 4.79 Å². The van der Waals surface area contributed by atoms with Gasteiger partial charge in [-0.2, -0.15) is 0 Å². The molecule has 0 unspecified atom stereocenters. The first kappa shape index (κ1) is 15.6. The molecule has 1 fully saturated rings. The van der Waals surface area contributed by atoms with Crippen LogP contribution >= 0.6 is 0 Å². The first-order chi connectivity index (χ1) is 10.1. The molecular formula is C16H24N2O3. The highest BCUT2D eigenvalue weighted by molar-refractivity contribution is 5.75. The normalized spacial score (nSPS) is 14.0. The van der Waals surface area contributed by atoms with Crippen LogP contribution in [0.1, 0.15) is 19.3 Å². The Labute approximate surface area is 126 Å². The van der Waals surface area contributed by atoms with Crippen LogP contribution < -0.4 is 10.5 Å². The minimum absolute atomic E-state index is 0.0638. The Morgan fingerprint density at radius 3 is 2.90 bits per heavy atom. The van der Waals surface area contributed by atoms with Crippen molar-refractivity contribution in [1.29, 1.82) is 0 Å². The minimum Gasteiger partial charge on any atom is -0.493 e. The summed E-state index contributed by atoms with van der Waals surface area (Å²) in [6, 6.07) is 7.21. The summed E-state index contributed by atoms with van der Waals surface area (Å²) in [6.45, 7) is 2.43. The van der Waals surface area contributed by atoms with Gasteiger partial charge in [0.1, 0.15) is 5.75 Å². The molecule has 0 bridgehead atoms. The lowest BCUT2D eigenvalue weighted by Crippen LogP contribution is -2.31. The standard InChI is InChI=1S/C16H24N2O3/c1-18(8-10-20-12-13-5-6-13)16(19)7-9-21-15-4-2-3-14(17)11-15/h2-4,11,13H,5-10,12,17H2,1H3. The molecule has 1 amide bonds. The lowest BCUT2D eigenvalue weighted by molar-refractivity contribution is -0.131. The smallest absolute Gasteiger partial charge is 0.225 e. The van der Waals surface area contributed by atoms with Gasteiger partial charge >= 0.3 is 0 Å². The Morgan fingerprint density at radius 1 is 1.38 bits per heavy atom. The number of rotatable bonds is 9. The van der Waals surface area contributed by atoms with Crippen molar-refractivity contribution in [3.05, 3.63) is 24.3 Å². The molecule has 1 aliphatic carbocycles. The van der Waals surface area contributed by atoms with Gasteiger partial charge in [0, 0.05) is 32.0 Å². The average molecular weight is 292 g/mol. The van der Waals surface area contributed by atoms with E-state index in [-0.39, 0.29) is 5.91 Å². The number of benzene rings is 1. The van der Waals surface area contributed by atoms with Crippen LogP contribution in [-0.2, 0) is 9.53 Å². The summed E-state index contributed by atoms with van der Waals surface area (Å²) in [4.78, 5) is 13.6. The number of nitrogen functional groups attached to an aromatic ring is 1. The average Bonchev–Trinajstić information content (AvgIpc) is 3.27. The predicted octanol–water partition coefficient (Wildman–Crippen LogP) is 1.92. The number of likely N-dealkylation sites (N-methyl/N-ethyl adjacent to an activating group) is 1. The molecule has 0 atom stereocenters. The summed E-state index contributed by atoms with van der Waals surface area (Å²) in [6.07, 6.45) is 2.93. The van der Waals surface area contributed by atoms with Crippen LogP contribution in [0.4, 0.5) is 5.69 Å². The highest BCUT2D eigenvalue weighted by Gasteiger charge is 2.21. The number of nitrogens with two attached hydrogens (primary N) is 1. The quantitative estimate of drug-likeness (QED) is 0.558. The van der Waals surface area contributed by atoms with E-state index in [0.29, 0.717) is 37.6 Å². The zero-order valence-electron chi connectivity index (χ0n) is 12.6. The van der Waals surface area contributed by atoms with E-state index in [9.17, 15) is 4.79 Å². The Morgan fingerprint density at radius 2 is 2.19 bits per heavy atom. The van der Waals surface area contributed by atoms with Crippen LogP contribution in [0.25, 0.3) is 0 Å². The van der Waals surface area contributed by atoms with E-state index in [0.717, 1.165) is 12.5 Å². The van der Waals surface area contributed by atoms with E-state index in [1.165, 1.54) is 12.8 Å². The van der Waals surface area contributed by atoms with Crippen molar-refractivity contribution in [1.82, 2.24) is 4.90 Å². The maximum Gasteiger partial charge on any atom is 0.225 e. The van der Waals surface area contributed by atoms with Crippen LogP contribution in [0.3, 0.4) is 0 Å². The Kier molecular flexibility index (Phi) is 5.87. The van der Waals surface area contributed by atoms with E-state index < -0.39 is 0 Å². The van der Waals surface area contributed by atoms with Crippen molar-refractivity contribution >= 4 is 11.6 Å². The third-order valence-corrected chi connectivity index (χ3v) is 3.49. The number of hydrogen-bond donors (Lipinski definition) is 1. The first-order valence-corrected chi connectivity index (χ1v) is 7.45. The lowest BCUT2D eigenvalue weighted by atomic mass is 10.3. The molecule has 0 saturated heterocycles. The van der Waals surface area contributed by atoms with Gasteiger partial charge in [0.15, 0.2) is 0 Å². The second-order valence-corrected chi connectivity index (χ2v) is 5.50. The number of carbonyl (C=O) groups is 1. The van der Waals surface area contributed by atoms with Gasteiger partial charge in [-0.05, 0) is 30.9 Å². The largest absolute Gasteiger partial charge is 0.493 e. The van der Waals surface area contributed by atoms with E-state index >= 15 is 0 Å². The van der Waals surface area contributed by atoms with Crippen molar-refractivity contribution < 1.29 is 14.3 Å². The molecule has 1 aromatic carbocycles. The van der Waals surface area contributed by atoms with Gasteiger partial charge in [-0.25, -0.2) is 0 Å². The Bertz CT molecular complexity index is 461. The van der Waals surface area contributed by atoms with Crippen molar-refractivity contribution in [2.24, 2.45) is 5.92 Å². The summed E-state index contributed by atoms with van der Waals surface area (Å²) in [5.41, 5.74) is 6.32. The number of amides is 1. The number of nitrogens with zero attached hydrogens (tertiary/aromatic N) is 1. The molecule has 0 aliphatic heterocycles. The maximum absolute atomic E-state index is 11.9. The van der Waals surface area contributed by atoms with E-state index in [1.54, 1.807) is 24.1 Å². The van der Waals surface area contributed by atoms with Crippen molar-refractivity contribution in [3.8, 4) is 5.75 Å². The molecule has 1 saturated carbocycles. The molecule has 1 aliphatic rings. The molecular weight excluding hydrogens is 268 g/mol.